The van der Waals surface area contributed by atoms with Gasteiger partial charge in [-0.15, -0.1) is 0 Å². The maximum atomic E-state index is 13.1. The normalized spacial score (nSPS) is 19.2. The molecule has 4 N–H and O–H groups in total. The van der Waals surface area contributed by atoms with Crippen LogP contribution >= 0.6 is 0 Å². The van der Waals surface area contributed by atoms with Crippen LogP contribution in [0.15, 0.2) is 24.5 Å². The van der Waals surface area contributed by atoms with E-state index in [1.807, 2.05) is 29.8 Å². The van der Waals surface area contributed by atoms with Gasteiger partial charge in [0.1, 0.15) is 5.82 Å². The number of alkyl halides is 3. The van der Waals surface area contributed by atoms with Gasteiger partial charge in [0.2, 0.25) is 0 Å². The second kappa shape index (κ2) is 9.07. The van der Waals surface area contributed by atoms with E-state index in [-0.39, 0.29) is 24.8 Å². The quantitative estimate of drug-likeness (QED) is 0.601. The minimum atomic E-state index is -4.17. The predicted molar refractivity (Wildman–Crippen MR) is 115 cm³/mol. The Labute approximate surface area is 179 Å². The van der Waals surface area contributed by atoms with Gasteiger partial charge in [-0.1, -0.05) is 0 Å². The molecule has 1 fully saturated rings. The van der Waals surface area contributed by atoms with Crippen molar-refractivity contribution in [3.05, 3.63) is 35.9 Å². The fourth-order valence-corrected chi connectivity index (χ4v) is 3.99. The van der Waals surface area contributed by atoms with Crippen LogP contribution in [0.2, 0.25) is 0 Å². The first kappa shape index (κ1) is 22.8. The Bertz CT molecular complexity index is 918. The molecule has 0 unspecified atom stereocenters. The Morgan fingerprint density at radius 3 is 2.52 bits per heavy atom. The molecule has 1 saturated carbocycles. The Hall–Kier alpha value is -2.91. The first-order chi connectivity index (χ1) is 14.6. The molecule has 7 nitrogen and oxygen atoms in total. The fourth-order valence-electron chi connectivity index (χ4n) is 3.99. The van der Waals surface area contributed by atoms with E-state index in [1.54, 1.807) is 25.4 Å². The highest BCUT2D eigenvalue weighted by atomic mass is 19.4. The number of benzene rings is 1. The number of amides is 1. The molecule has 0 atom stereocenters. The number of nitrogens with one attached hydrogen (secondary N) is 2. The number of hydrogen-bond acceptors (Lipinski definition) is 5. The lowest BCUT2D eigenvalue weighted by molar-refractivity contribution is -0.182. The van der Waals surface area contributed by atoms with Crippen LogP contribution in [-0.4, -0.2) is 41.8 Å². The fraction of sp³-hybridized carbons (Fsp3) is 0.524. The van der Waals surface area contributed by atoms with Crippen LogP contribution in [0.25, 0.3) is 0 Å². The summed E-state index contributed by atoms with van der Waals surface area (Å²) in [6.45, 7) is 0.466. The van der Waals surface area contributed by atoms with Gasteiger partial charge < -0.3 is 25.8 Å². The zero-order valence-electron chi connectivity index (χ0n) is 18.0. The largest absolute Gasteiger partial charge is 0.397 e. The number of rotatable bonds is 6. The van der Waals surface area contributed by atoms with E-state index in [4.69, 9.17) is 5.73 Å². The van der Waals surface area contributed by atoms with E-state index in [9.17, 15) is 18.0 Å². The highest BCUT2D eigenvalue weighted by molar-refractivity contribution is 6.02. The summed E-state index contributed by atoms with van der Waals surface area (Å²) < 4.78 is 40.6. The van der Waals surface area contributed by atoms with E-state index in [1.165, 1.54) is 0 Å². The summed E-state index contributed by atoms with van der Waals surface area (Å²) in [5.41, 5.74) is 8.24. The van der Waals surface area contributed by atoms with E-state index < -0.39 is 12.1 Å². The molecule has 0 spiro atoms. The predicted octanol–water partition coefficient (Wildman–Crippen LogP) is 3.53. The van der Waals surface area contributed by atoms with Crippen LogP contribution in [0.4, 0.5) is 30.2 Å². The molecule has 0 bridgehead atoms. The minimum Gasteiger partial charge on any atom is -0.397 e. The molecule has 1 amide bonds. The number of carbonyl (C=O) groups excluding carboxylic acids is 1. The first-order valence-electron chi connectivity index (χ1n) is 10.3. The molecule has 3 rings (SSSR count). The average molecular weight is 438 g/mol. The lowest BCUT2D eigenvalue weighted by atomic mass is 9.85. The van der Waals surface area contributed by atoms with Crippen molar-refractivity contribution in [1.29, 1.82) is 0 Å². The number of anilines is 3. The highest BCUT2D eigenvalue weighted by Crippen LogP contribution is 2.38. The number of carbonyl (C=O) groups is 1. The monoisotopic (exact) mass is 438 g/mol. The number of nitrogen functional groups attached to an aromatic ring is 1. The second-order valence-electron chi connectivity index (χ2n) is 8.08. The number of aryl methyl sites for hydroxylation is 1. The summed E-state index contributed by atoms with van der Waals surface area (Å²) in [5.74, 6) is -0.806. The van der Waals surface area contributed by atoms with Gasteiger partial charge in [-0.2, -0.15) is 13.2 Å². The van der Waals surface area contributed by atoms with Crippen molar-refractivity contribution >= 4 is 23.0 Å². The number of aromatic nitrogens is 2. The van der Waals surface area contributed by atoms with Crippen molar-refractivity contribution < 1.29 is 18.0 Å². The van der Waals surface area contributed by atoms with Crippen molar-refractivity contribution in [3.63, 3.8) is 0 Å². The molecule has 170 valence electrons. The van der Waals surface area contributed by atoms with Crippen molar-refractivity contribution in [3.8, 4) is 0 Å². The van der Waals surface area contributed by atoms with Gasteiger partial charge in [-0.25, -0.2) is 4.98 Å². The van der Waals surface area contributed by atoms with Gasteiger partial charge in [0.25, 0.3) is 5.91 Å². The zero-order valence-corrected chi connectivity index (χ0v) is 18.0. The topological polar surface area (TPSA) is 88.2 Å². The van der Waals surface area contributed by atoms with Crippen LogP contribution in [-0.2, 0) is 13.6 Å². The van der Waals surface area contributed by atoms with Crippen molar-refractivity contribution in [2.75, 3.05) is 30.0 Å². The molecule has 0 aliphatic heterocycles. The third-order valence-electron chi connectivity index (χ3n) is 5.92. The molecule has 10 heteroatoms. The summed E-state index contributed by atoms with van der Waals surface area (Å²) in [7, 11) is 5.49. The van der Waals surface area contributed by atoms with Crippen LogP contribution < -0.4 is 21.3 Å². The van der Waals surface area contributed by atoms with E-state index in [0.29, 0.717) is 42.0 Å². The maximum absolute atomic E-state index is 13.1. The van der Waals surface area contributed by atoms with Gasteiger partial charge in [0.05, 0.1) is 35.1 Å². The summed E-state index contributed by atoms with van der Waals surface area (Å²) in [6.07, 6.45) is 0.0404. The lowest BCUT2D eigenvalue weighted by Crippen LogP contribution is -2.40. The molecule has 0 radical (unpaired) electrons. The molecular weight excluding hydrogens is 409 g/mol. The van der Waals surface area contributed by atoms with E-state index >= 15 is 0 Å². The van der Waals surface area contributed by atoms with Gasteiger partial charge >= 0.3 is 6.18 Å². The van der Waals surface area contributed by atoms with Crippen molar-refractivity contribution in [2.45, 2.75) is 44.4 Å². The molecule has 1 aliphatic rings. The zero-order chi connectivity index (χ0) is 22.8. The van der Waals surface area contributed by atoms with Crippen LogP contribution in [0.1, 0.15) is 41.9 Å². The highest BCUT2D eigenvalue weighted by Gasteiger charge is 2.41. The summed E-state index contributed by atoms with van der Waals surface area (Å²) in [4.78, 5) is 19.3. The first-order valence-corrected chi connectivity index (χ1v) is 10.3. The number of imidazole rings is 1. The molecule has 1 heterocycles. The van der Waals surface area contributed by atoms with E-state index in [0.717, 1.165) is 5.82 Å². The third-order valence-corrected chi connectivity index (χ3v) is 5.92. The van der Waals surface area contributed by atoms with Crippen molar-refractivity contribution in [1.82, 2.24) is 14.9 Å². The molecule has 0 saturated heterocycles. The molecule has 1 aromatic heterocycles. The summed E-state index contributed by atoms with van der Waals surface area (Å²) in [6, 6.07) is 3.12. The van der Waals surface area contributed by atoms with Gasteiger partial charge in [0, 0.05) is 39.6 Å². The number of halogens is 3. The Kier molecular flexibility index (Phi) is 6.66. The molecule has 1 aliphatic carbocycles. The molecule has 1 aromatic carbocycles. The summed E-state index contributed by atoms with van der Waals surface area (Å²) >= 11 is 0. The number of hydrogen-bond donors (Lipinski definition) is 3. The number of nitrogens with zero attached hydrogens (tertiary/aromatic N) is 3. The summed E-state index contributed by atoms with van der Waals surface area (Å²) in [5, 5.41) is 5.92. The van der Waals surface area contributed by atoms with Gasteiger partial charge in [-0.3, -0.25) is 4.79 Å². The minimum absolute atomic E-state index is 0.0290. The SMILES string of the molecule is CNc1cc(N(C)Cc2nccn2C)c(C(=O)N[C@H]2CC[C@H](C(F)(F)F)CC2)cc1N. The van der Waals surface area contributed by atoms with Crippen LogP contribution in [0.3, 0.4) is 0 Å². The van der Waals surface area contributed by atoms with Crippen LogP contribution in [0.5, 0.6) is 0 Å². The maximum Gasteiger partial charge on any atom is 0.391 e. The molecule has 31 heavy (non-hydrogen) atoms. The Morgan fingerprint density at radius 1 is 1.29 bits per heavy atom. The molecule has 2 aromatic rings. The van der Waals surface area contributed by atoms with Gasteiger partial charge in [0.15, 0.2) is 0 Å². The third kappa shape index (κ3) is 5.23. The van der Waals surface area contributed by atoms with Crippen LogP contribution in [0, 0.1) is 5.92 Å². The van der Waals surface area contributed by atoms with E-state index in [2.05, 4.69) is 15.6 Å². The Balaban J connectivity index is 1.78. The standard InChI is InChI=1S/C21H29F3N6O/c1-26-17-11-18(30(3)12-19-27-8-9-29(19)2)15(10-16(17)25)20(31)28-14-6-4-13(5-7-14)21(22,23)24/h8-11,13-14,26H,4-7,12,25H2,1-3H3,(H,28,31)/t13-,14-. The Morgan fingerprint density at radius 2 is 1.97 bits per heavy atom. The second-order valence-corrected chi connectivity index (χ2v) is 8.08. The average Bonchev–Trinajstić information content (AvgIpc) is 3.11. The molecular formula is C21H29F3N6O. The number of nitrogens with two attached hydrogens (primary N) is 1. The smallest absolute Gasteiger partial charge is 0.391 e. The lowest BCUT2D eigenvalue weighted by Gasteiger charge is -2.31. The van der Waals surface area contributed by atoms with Gasteiger partial charge in [-0.05, 0) is 37.8 Å². The van der Waals surface area contributed by atoms with Crippen molar-refractivity contribution in [2.24, 2.45) is 13.0 Å².